The number of nitriles is 1. The molecule has 1 aromatic heterocycles. The van der Waals surface area contributed by atoms with Gasteiger partial charge in [-0.05, 0) is 171 Å². The van der Waals surface area contributed by atoms with Gasteiger partial charge in [-0.1, -0.05) is 112 Å². The summed E-state index contributed by atoms with van der Waals surface area (Å²) in [4.78, 5) is 77.6. The highest BCUT2D eigenvalue weighted by molar-refractivity contribution is 6.19. The standard InChI is InChI=1S/C64H85N3O8/c1-36-28-38(35-65)31-57(7)40(36)14-17-59(9)46(57)29-44(68)49-42-33-55(3,4)19-23-63(42,25-21-61(49,59)11)53-66-48(67-75-53)16-27-74-52(71)39-32-58(8)41(37(2)51(39)70)15-18-60(10)47(58)30-45(69)50-43-34-56(5,6)20-24-64(43,54(72)73-13)26-22-62(50,60)12/h29-32,36-37,40-43,49-50H,14-28,33-34H2,1-13H3/t36-,37+,40+,41+,42?,43?,49?,50?,57+,58+,59-,60-,61-,62-,63+,64+/m1/s1. The van der Waals surface area contributed by atoms with Crippen molar-refractivity contribution in [1.29, 1.82) is 5.26 Å². The Bertz CT molecular complexity index is 2860. The summed E-state index contributed by atoms with van der Waals surface area (Å²) in [7, 11) is 1.48. The first kappa shape index (κ1) is 52.6. The molecule has 6 fully saturated rings. The molecule has 4 unspecified atom stereocenters. The SMILES string of the molecule is COC(=O)[C@]12CCC(C)(C)CC1C1C(=O)C=C3[C@@]4(C)C=C(C(=O)OCCc5noc([C@]67CCC(C)(C)CC6C6C(=O)C=C8[C@@]9(C)C=C(C#N)C[C@@H](C)[C@@H]9CC[C@@]8(C)[C@]6(C)CC7)n5)C(=O)[C@@H](C)[C@@H]4CC[C@@]3(C)[C@]1(C)CC2. The molecular weight excluding hydrogens is 939 g/mol. The van der Waals surface area contributed by atoms with Gasteiger partial charge in [0.15, 0.2) is 23.2 Å². The Labute approximate surface area is 446 Å². The molecule has 0 aliphatic heterocycles. The zero-order valence-corrected chi connectivity index (χ0v) is 47.6. The molecule has 16 atom stereocenters. The Balaban J connectivity index is 0.846. The van der Waals surface area contributed by atoms with Gasteiger partial charge in [0.1, 0.15) is 0 Å². The zero-order valence-electron chi connectivity index (χ0n) is 47.6. The van der Waals surface area contributed by atoms with Crippen molar-refractivity contribution in [1.82, 2.24) is 10.1 Å². The van der Waals surface area contributed by atoms with Crippen molar-refractivity contribution in [3.63, 3.8) is 0 Å². The predicted molar refractivity (Wildman–Crippen MR) is 283 cm³/mol. The van der Waals surface area contributed by atoms with Crippen molar-refractivity contribution in [2.75, 3.05) is 13.7 Å². The molecule has 10 aliphatic carbocycles. The first-order valence-electron chi connectivity index (χ1n) is 29.0. The Morgan fingerprint density at radius 1 is 0.707 bits per heavy atom. The minimum atomic E-state index is -0.748. The van der Waals surface area contributed by atoms with Gasteiger partial charge in [-0.2, -0.15) is 10.2 Å². The zero-order chi connectivity index (χ0) is 54.1. The third-order valence-corrected chi connectivity index (χ3v) is 25.2. The molecule has 10 aliphatic rings. The third kappa shape index (κ3) is 7.02. The minimum Gasteiger partial charge on any atom is -0.469 e. The second-order valence-electron chi connectivity index (χ2n) is 29.6. The van der Waals surface area contributed by atoms with Crippen molar-refractivity contribution in [2.45, 2.75) is 191 Å². The summed E-state index contributed by atoms with van der Waals surface area (Å²) in [6, 6.07) is 2.49. The summed E-state index contributed by atoms with van der Waals surface area (Å²) in [6.45, 7) is 27.1. The van der Waals surface area contributed by atoms with Gasteiger partial charge < -0.3 is 14.0 Å². The first-order valence-corrected chi connectivity index (χ1v) is 29.0. The number of carbonyl (C=O) groups excluding carboxylic acids is 5. The van der Waals surface area contributed by atoms with Gasteiger partial charge in [0.05, 0.1) is 36.2 Å². The van der Waals surface area contributed by atoms with Crippen LogP contribution in [0.2, 0.25) is 0 Å². The fourth-order valence-corrected chi connectivity index (χ4v) is 20.6. The second kappa shape index (κ2) is 16.8. The van der Waals surface area contributed by atoms with Crippen molar-refractivity contribution in [2.24, 2.45) is 96.1 Å². The lowest BCUT2D eigenvalue weighted by Crippen LogP contribution is -2.65. The van der Waals surface area contributed by atoms with E-state index in [1.165, 1.54) is 12.7 Å². The Morgan fingerprint density at radius 3 is 1.88 bits per heavy atom. The van der Waals surface area contributed by atoms with Crippen LogP contribution in [0.5, 0.6) is 0 Å². The largest absolute Gasteiger partial charge is 0.469 e. The molecule has 0 radical (unpaired) electrons. The Hall–Kier alpha value is -4.46. The molecule has 75 heavy (non-hydrogen) atoms. The number of allylic oxidation sites excluding steroid dienone is 7. The quantitative estimate of drug-likeness (QED) is 0.196. The number of hydrogen-bond donors (Lipinski definition) is 0. The van der Waals surface area contributed by atoms with Gasteiger partial charge in [0.2, 0.25) is 5.89 Å². The van der Waals surface area contributed by atoms with Crippen LogP contribution in [-0.2, 0) is 45.3 Å². The van der Waals surface area contributed by atoms with E-state index in [1.54, 1.807) is 0 Å². The summed E-state index contributed by atoms with van der Waals surface area (Å²) >= 11 is 0. The lowest BCUT2D eigenvalue weighted by atomic mass is 9.35. The molecule has 0 amide bonds. The molecule has 11 nitrogen and oxygen atoms in total. The van der Waals surface area contributed by atoms with Crippen molar-refractivity contribution < 1.29 is 38.0 Å². The van der Waals surface area contributed by atoms with Crippen LogP contribution in [0.25, 0.3) is 0 Å². The van der Waals surface area contributed by atoms with Crippen LogP contribution in [0.1, 0.15) is 191 Å². The molecule has 0 N–H and O–H groups in total. The number of nitrogens with zero attached hydrogens (tertiary/aromatic N) is 3. The number of Topliss-reactive ketones (excluding diaryl/α,β-unsaturated/α-hetero) is 1. The number of ketones is 3. The Kier molecular flexibility index (Phi) is 11.8. The average molecular weight is 1020 g/mol. The van der Waals surface area contributed by atoms with E-state index in [1.807, 2.05) is 25.2 Å². The molecule has 0 spiro atoms. The second-order valence-corrected chi connectivity index (χ2v) is 29.6. The van der Waals surface area contributed by atoms with E-state index in [-0.39, 0.29) is 98.6 Å². The summed E-state index contributed by atoms with van der Waals surface area (Å²) in [6.07, 6.45) is 20.8. The van der Waals surface area contributed by atoms with E-state index >= 15 is 4.79 Å². The predicted octanol–water partition coefficient (Wildman–Crippen LogP) is 12.5. The van der Waals surface area contributed by atoms with E-state index in [4.69, 9.17) is 19.0 Å². The summed E-state index contributed by atoms with van der Waals surface area (Å²) in [5.41, 5.74) is -0.547. The highest BCUT2D eigenvalue weighted by Crippen LogP contribution is 2.76. The van der Waals surface area contributed by atoms with E-state index < -0.39 is 39.0 Å². The summed E-state index contributed by atoms with van der Waals surface area (Å²) < 4.78 is 17.8. The van der Waals surface area contributed by atoms with Gasteiger partial charge in [0, 0.05) is 40.6 Å². The number of ether oxygens (including phenoxy) is 2. The van der Waals surface area contributed by atoms with E-state index in [0.717, 1.165) is 94.6 Å². The monoisotopic (exact) mass is 1020 g/mol. The van der Waals surface area contributed by atoms with Gasteiger partial charge in [0.25, 0.3) is 0 Å². The van der Waals surface area contributed by atoms with Crippen LogP contribution in [0.3, 0.4) is 0 Å². The average Bonchev–Trinajstić information content (AvgIpc) is 3.85. The van der Waals surface area contributed by atoms with Crippen molar-refractivity contribution in [3.05, 3.63) is 58.3 Å². The van der Waals surface area contributed by atoms with Crippen LogP contribution in [0.4, 0.5) is 0 Å². The molecule has 0 aromatic carbocycles. The molecular formula is C64H85N3O8. The van der Waals surface area contributed by atoms with Gasteiger partial charge >= 0.3 is 11.9 Å². The highest BCUT2D eigenvalue weighted by Gasteiger charge is 2.72. The topological polar surface area (TPSA) is 167 Å². The number of aromatic nitrogens is 2. The van der Waals surface area contributed by atoms with E-state index in [0.29, 0.717) is 36.4 Å². The molecule has 0 bridgehead atoms. The number of esters is 2. The number of hydrogen-bond acceptors (Lipinski definition) is 11. The molecule has 6 saturated carbocycles. The van der Waals surface area contributed by atoms with Gasteiger partial charge in [-0.3, -0.25) is 19.2 Å². The van der Waals surface area contributed by atoms with Crippen molar-refractivity contribution >= 4 is 29.3 Å². The van der Waals surface area contributed by atoms with Crippen LogP contribution in [0, 0.1) is 107 Å². The van der Waals surface area contributed by atoms with E-state index in [2.05, 4.69) is 93.5 Å². The lowest BCUT2D eigenvalue weighted by Gasteiger charge is -2.68. The fourth-order valence-electron chi connectivity index (χ4n) is 20.6. The number of rotatable bonds is 6. The van der Waals surface area contributed by atoms with Crippen molar-refractivity contribution in [3.8, 4) is 6.07 Å². The van der Waals surface area contributed by atoms with Gasteiger partial charge in [-0.15, -0.1) is 0 Å². The highest BCUT2D eigenvalue weighted by atomic mass is 16.5. The molecule has 11 heteroatoms. The number of carbonyl (C=O) groups is 5. The molecule has 11 rings (SSSR count). The first-order chi connectivity index (χ1) is 35.0. The molecule has 1 heterocycles. The van der Waals surface area contributed by atoms with Crippen LogP contribution in [-0.4, -0.2) is 53.1 Å². The number of methoxy groups -OCH3 is 1. The summed E-state index contributed by atoms with van der Waals surface area (Å²) in [5.74, 6) is -0.358. The van der Waals surface area contributed by atoms with E-state index in [9.17, 15) is 24.4 Å². The molecule has 404 valence electrons. The fraction of sp³-hybridized carbons (Fsp3) is 0.750. The maximum absolute atomic E-state index is 15.1. The normalized spacial score (nSPS) is 46.1. The minimum absolute atomic E-state index is 0.0127. The maximum Gasteiger partial charge on any atom is 0.341 e. The maximum atomic E-state index is 15.1. The Morgan fingerprint density at radius 2 is 1.25 bits per heavy atom. The van der Waals surface area contributed by atoms with Crippen LogP contribution < -0.4 is 0 Å². The van der Waals surface area contributed by atoms with Crippen LogP contribution >= 0.6 is 0 Å². The lowest BCUT2D eigenvalue weighted by molar-refractivity contribution is -0.190. The third-order valence-electron chi connectivity index (χ3n) is 25.2. The number of fused-ring (bicyclic) bond motifs is 14. The van der Waals surface area contributed by atoms with Crippen LogP contribution in [0.15, 0.2) is 51.1 Å². The molecule has 1 aromatic rings. The van der Waals surface area contributed by atoms with Gasteiger partial charge in [-0.25, -0.2) is 4.79 Å². The molecule has 0 saturated heterocycles. The summed E-state index contributed by atoms with van der Waals surface area (Å²) in [5, 5.41) is 14.6. The smallest absolute Gasteiger partial charge is 0.341 e.